The summed E-state index contributed by atoms with van der Waals surface area (Å²) in [5.41, 5.74) is -0.0128. The summed E-state index contributed by atoms with van der Waals surface area (Å²) >= 11 is 7.43. The third-order valence-electron chi connectivity index (χ3n) is 2.72. The van der Waals surface area contributed by atoms with E-state index in [9.17, 15) is 5.11 Å². The van der Waals surface area contributed by atoms with Crippen LogP contribution < -0.4 is 5.32 Å². The summed E-state index contributed by atoms with van der Waals surface area (Å²) in [7, 11) is 0. The zero-order valence-corrected chi connectivity index (χ0v) is 10.8. The second kappa shape index (κ2) is 5.85. The number of hydrogen-bond acceptors (Lipinski definition) is 3. The minimum absolute atomic E-state index is 0.0128. The molecule has 1 atom stereocenters. The van der Waals surface area contributed by atoms with Crippen LogP contribution in [0.15, 0.2) is 12.1 Å². The summed E-state index contributed by atoms with van der Waals surface area (Å²) in [6.45, 7) is 6.06. The van der Waals surface area contributed by atoms with Gasteiger partial charge in [0, 0.05) is 30.0 Å². The van der Waals surface area contributed by atoms with Gasteiger partial charge in [0.25, 0.3) is 0 Å². The van der Waals surface area contributed by atoms with Crippen LogP contribution in [0.4, 0.5) is 0 Å². The van der Waals surface area contributed by atoms with Gasteiger partial charge in [-0.1, -0.05) is 25.4 Å². The summed E-state index contributed by atoms with van der Waals surface area (Å²) in [5.74, 6) is 0. The fourth-order valence-corrected chi connectivity index (χ4v) is 2.28. The molecule has 1 aromatic rings. The first-order valence-corrected chi connectivity index (χ1v) is 6.35. The minimum Gasteiger partial charge on any atom is -0.396 e. The molecule has 0 saturated heterocycles. The predicted molar refractivity (Wildman–Crippen MR) is 66.5 cm³/mol. The zero-order chi connectivity index (χ0) is 11.3. The number of nitrogens with one attached hydrogen (secondary N) is 1. The molecular formula is C11H18ClNOS. The molecule has 86 valence electrons. The van der Waals surface area contributed by atoms with Crippen LogP contribution in [0, 0.1) is 5.41 Å². The Morgan fingerprint density at radius 2 is 2.27 bits per heavy atom. The molecule has 0 saturated carbocycles. The molecule has 15 heavy (non-hydrogen) atoms. The van der Waals surface area contributed by atoms with Gasteiger partial charge in [-0.05, 0) is 18.6 Å². The zero-order valence-electron chi connectivity index (χ0n) is 9.22. The van der Waals surface area contributed by atoms with Gasteiger partial charge in [0.1, 0.15) is 0 Å². The largest absolute Gasteiger partial charge is 0.396 e. The van der Waals surface area contributed by atoms with E-state index in [0.717, 1.165) is 23.8 Å². The Hall–Kier alpha value is -0.0900. The maximum atomic E-state index is 9.23. The summed E-state index contributed by atoms with van der Waals surface area (Å²) in [4.78, 5) is 1.23. The second-order valence-electron chi connectivity index (χ2n) is 4.13. The Balaban J connectivity index is 2.32. The number of hydrogen-bond donors (Lipinski definition) is 2. The van der Waals surface area contributed by atoms with E-state index in [1.54, 1.807) is 11.3 Å². The lowest BCUT2D eigenvalue weighted by molar-refractivity contribution is 0.135. The maximum absolute atomic E-state index is 9.23. The molecule has 0 fully saturated rings. The van der Waals surface area contributed by atoms with Crippen molar-refractivity contribution in [1.82, 2.24) is 5.32 Å². The van der Waals surface area contributed by atoms with Gasteiger partial charge >= 0.3 is 0 Å². The highest BCUT2D eigenvalue weighted by Gasteiger charge is 2.20. The Labute approximate surface area is 100 Å². The molecule has 0 bridgehead atoms. The quantitative estimate of drug-likeness (QED) is 0.810. The highest BCUT2D eigenvalue weighted by Crippen LogP contribution is 2.22. The van der Waals surface area contributed by atoms with Crippen molar-refractivity contribution in [2.75, 3.05) is 13.2 Å². The SMILES string of the molecule is CCC(C)(CO)CNCc1ccc(Cl)s1. The molecule has 0 spiro atoms. The smallest absolute Gasteiger partial charge is 0.0931 e. The molecule has 0 aliphatic rings. The molecule has 0 radical (unpaired) electrons. The Morgan fingerprint density at radius 3 is 2.73 bits per heavy atom. The van der Waals surface area contributed by atoms with Crippen LogP contribution in [0.25, 0.3) is 0 Å². The van der Waals surface area contributed by atoms with E-state index in [2.05, 4.69) is 19.2 Å². The van der Waals surface area contributed by atoms with Crippen LogP contribution in [-0.4, -0.2) is 18.3 Å². The van der Waals surface area contributed by atoms with Gasteiger partial charge in [-0.25, -0.2) is 0 Å². The summed E-state index contributed by atoms with van der Waals surface area (Å²) in [5, 5.41) is 12.6. The average Bonchev–Trinajstić information content (AvgIpc) is 2.64. The standard InChI is InChI=1S/C11H18ClNOS/c1-3-11(2,8-14)7-13-6-9-4-5-10(12)15-9/h4-5,13-14H,3,6-8H2,1-2H3. The number of thiophene rings is 1. The average molecular weight is 248 g/mol. The first kappa shape index (κ1) is 13.0. The minimum atomic E-state index is -0.0128. The highest BCUT2D eigenvalue weighted by molar-refractivity contribution is 7.16. The van der Waals surface area contributed by atoms with E-state index in [1.165, 1.54) is 4.88 Å². The second-order valence-corrected chi connectivity index (χ2v) is 5.93. The molecule has 4 heteroatoms. The lowest BCUT2D eigenvalue weighted by Crippen LogP contribution is -2.33. The van der Waals surface area contributed by atoms with Crippen LogP contribution in [0.1, 0.15) is 25.1 Å². The van der Waals surface area contributed by atoms with Crippen LogP contribution in [0.5, 0.6) is 0 Å². The van der Waals surface area contributed by atoms with Crippen LogP contribution in [0.3, 0.4) is 0 Å². The van der Waals surface area contributed by atoms with Crippen molar-refractivity contribution < 1.29 is 5.11 Å². The molecule has 0 aliphatic carbocycles. The molecule has 0 aromatic carbocycles. The van der Waals surface area contributed by atoms with E-state index in [-0.39, 0.29) is 12.0 Å². The third kappa shape index (κ3) is 4.11. The van der Waals surface area contributed by atoms with Crippen molar-refractivity contribution in [3.8, 4) is 0 Å². The lowest BCUT2D eigenvalue weighted by atomic mass is 9.89. The van der Waals surface area contributed by atoms with Crippen molar-refractivity contribution in [2.24, 2.45) is 5.41 Å². The monoisotopic (exact) mass is 247 g/mol. The fraction of sp³-hybridized carbons (Fsp3) is 0.636. The van der Waals surface area contributed by atoms with Gasteiger partial charge in [-0.3, -0.25) is 0 Å². The molecule has 1 unspecified atom stereocenters. The highest BCUT2D eigenvalue weighted by atomic mass is 35.5. The Kier molecular flexibility index (Phi) is 5.06. The van der Waals surface area contributed by atoms with E-state index in [1.807, 2.05) is 12.1 Å². The molecule has 0 aliphatic heterocycles. The molecule has 1 aromatic heterocycles. The Morgan fingerprint density at radius 1 is 1.53 bits per heavy atom. The fourth-order valence-electron chi connectivity index (χ4n) is 1.23. The third-order valence-corrected chi connectivity index (χ3v) is 3.95. The number of aliphatic hydroxyl groups excluding tert-OH is 1. The first-order valence-electron chi connectivity index (χ1n) is 5.15. The number of rotatable bonds is 6. The van der Waals surface area contributed by atoms with E-state index >= 15 is 0 Å². The lowest BCUT2D eigenvalue weighted by Gasteiger charge is -2.25. The molecule has 1 heterocycles. The van der Waals surface area contributed by atoms with Crippen LogP contribution >= 0.6 is 22.9 Å². The van der Waals surface area contributed by atoms with Crippen LogP contribution in [-0.2, 0) is 6.54 Å². The normalized spacial score (nSPS) is 15.2. The molecule has 2 N–H and O–H groups in total. The maximum Gasteiger partial charge on any atom is 0.0931 e. The number of halogens is 1. The van der Waals surface area contributed by atoms with Crippen molar-refractivity contribution in [3.63, 3.8) is 0 Å². The molecular weight excluding hydrogens is 230 g/mol. The number of aliphatic hydroxyl groups is 1. The van der Waals surface area contributed by atoms with Gasteiger partial charge < -0.3 is 10.4 Å². The van der Waals surface area contributed by atoms with Gasteiger partial charge in [0.05, 0.1) is 4.34 Å². The van der Waals surface area contributed by atoms with E-state index in [0.29, 0.717) is 0 Å². The molecule has 1 rings (SSSR count). The van der Waals surface area contributed by atoms with E-state index in [4.69, 9.17) is 11.6 Å². The van der Waals surface area contributed by atoms with E-state index < -0.39 is 0 Å². The van der Waals surface area contributed by atoms with Gasteiger partial charge in [-0.2, -0.15) is 0 Å². The summed E-state index contributed by atoms with van der Waals surface area (Å²) in [6.07, 6.45) is 0.974. The van der Waals surface area contributed by atoms with Crippen LogP contribution in [0.2, 0.25) is 4.34 Å². The van der Waals surface area contributed by atoms with Crippen molar-refractivity contribution in [3.05, 3.63) is 21.3 Å². The van der Waals surface area contributed by atoms with Crippen molar-refractivity contribution in [2.45, 2.75) is 26.8 Å². The molecule has 0 amide bonds. The van der Waals surface area contributed by atoms with Gasteiger partial charge in [-0.15, -0.1) is 11.3 Å². The summed E-state index contributed by atoms with van der Waals surface area (Å²) < 4.78 is 0.826. The van der Waals surface area contributed by atoms with Gasteiger partial charge in [0.15, 0.2) is 0 Å². The molecule has 2 nitrogen and oxygen atoms in total. The van der Waals surface area contributed by atoms with Crippen molar-refractivity contribution >= 4 is 22.9 Å². The topological polar surface area (TPSA) is 32.3 Å². The predicted octanol–water partition coefficient (Wildman–Crippen LogP) is 2.90. The van der Waals surface area contributed by atoms with Crippen molar-refractivity contribution in [1.29, 1.82) is 0 Å². The summed E-state index contributed by atoms with van der Waals surface area (Å²) in [6, 6.07) is 3.94. The van der Waals surface area contributed by atoms with Gasteiger partial charge in [0.2, 0.25) is 0 Å². The Bertz CT molecular complexity index is 297. The first-order chi connectivity index (χ1) is 7.09.